The summed E-state index contributed by atoms with van der Waals surface area (Å²) in [5, 5.41) is 26.2. The van der Waals surface area contributed by atoms with Crippen LogP contribution in [0.1, 0.15) is 103 Å². The van der Waals surface area contributed by atoms with Crippen LogP contribution in [-0.2, 0) is 14.4 Å². The number of carboxylic acid groups (broad SMARTS) is 1. The first-order chi connectivity index (χ1) is 19.0. The van der Waals surface area contributed by atoms with E-state index in [1.165, 1.54) is 64.2 Å². The number of nitrogens with one attached hydrogen (secondary N) is 5. The normalized spacial score (nSPS) is 31.2. The first-order valence-electron chi connectivity index (χ1n) is 16.0. The zero-order valence-corrected chi connectivity index (χ0v) is 23.9. The molecule has 0 aromatic heterocycles. The first kappa shape index (κ1) is 30.3. The maximum atomic E-state index is 12.9. The van der Waals surface area contributed by atoms with Gasteiger partial charge < -0.3 is 26.4 Å². The predicted octanol–water partition coefficient (Wildman–Crippen LogP) is 2.90. The lowest BCUT2D eigenvalue weighted by molar-refractivity contribution is -0.138. The Morgan fingerprint density at radius 2 is 1.62 bits per heavy atom. The van der Waals surface area contributed by atoms with E-state index in [0.717, 1.165) is 51.2 Å². The summed E-state index contributed by atoms with van der Waals surface area (Å²) in [7, 11) is 0. The first-order valence-corrected chi connectivity index (χ1v) is 16.0. The number of carbonyl (C=O) groups is 3. The van der Waals surface area contributed by atoms with E-state index >= 15 is 0 Å². The van der Waals surface area contributed by atoms with E-state index in [-0.39, 0.29) is 30.7 Å². The molecule has 0 bridgehead atoms. The van der Waals surface area contributed by atoms with Gasteiger partial charge in [0.05, 0.1) is 19.1 Å². The largest absolute Gasteiger partial charge is 0.481 e. The summed E-state index contributed by atoms with van der Waals surface area (Å²) in [5.41, 5.74) is 0. The Morgan fingerprint density at radius 1 is 0.846 bits per heavy atom. The SMILES string of the molecule is O=C(O)C[C@H](NC(=O)CNC(=O)CCCC1CCC2CCCNC2N1)C1CNCCC1C1CCCCCCC1. The minimum absolute atomic E-state index is 0.0830. The summed E-state index contributed by atoms with van der Waals surface area (Å²) in [4.78, 5) is 37.1. The number of aliphatic carboxylic acids is 1. The van der Waals surface area contributed by atoms with Gasteiger partial charge in [-0.05, 0) is 81.7 Å². The number of amides is 2. The Hall–Kier alpha value is -1.71. The highest BCUT2D eigenvalue weighted by molar-refractivity contribution is 5.85. The molecule has 3 heterocycles. The van der Waals surface area contributed by atoms with E-state index in [1.54, 1.807) is 0 Å². The van der Waals surface area contributed by atoms with Crippen molar-refractivity contribution in [2.45, 2.75) is 121 Å². The van der Waals surface area contributed by atoms with Crippen LogP contribution in [0.15, 0.2) is 0 Å². The Morgan fingerprint density at radius 3 is 2.41 bits per heavy atom. The van der Waals surface area contributed by atoms with Gasteiger partial charge in [0.25, 0.3) is 0 Å². The molecule has 0 aromatic carbocycles. The van der Waals surface area contributed by atoms with E-state index in [1.807, 2.05) is 0 Å². The summed E-state index contributed by atoms with van der Waals surface area (Å²) in [6, 6.07) is 0.0179. The molecular formula is C30H53N5O4. The molecule has 5 unspecified atom stereocenters. The number of carbonyl (C=O) groups excluding carboxylic acids is 2. The van der Waals surface area contributed by atoms with Crippen molar-refractivity contribution in [3.8, 4) is 0 Å². The van der Waals surface area contributed by atoms with Crippen molar-refractivity contribution < 1.29 is 19.5 Å². The molecule has 1 aliphatic carbocycles. The van der Waals surface area contributed by atoms with Crippen LogP contribution in [0, 0.1) is 23.7 Å². The number of hydrogen-bond donors (Lipinski definition) is 6. The third-order valence-electron chi connectivity index (χ3n) is 9.89. The highest BCUT2D eigenvalue weighted by atomic mass is 16.4. The summed E-state index contributed by atoms with van der Waals surface area (Å²) >= 11 is 0. The average Bonchev–Trinajstić information content (AvgIpc) is 2.91. The van der Waals surface area contributed by atoms with Gasteiger partial charge in [0.1, 0.15) is 0 Å². The zero-order chi connectivity index (χ0) is 27.5. The molecule has 9 nitrogen and oxygen atoms in total. The fraction of sp³-hybridized carbons (Fsp3) is 0.900. The lowest BCUT2D eigenvalue weighted by atomic mass is 9.69. The van der Waals surface area contributed by atoms with Crippen molar-refractivity contribution in [3.05, 3.63) is 0 Å². The van der Waals surface area contributed by atoms with Crippen LogP contribution in [0.25, 0.3) is 0 Å². The predicted molar refractivity (Wildman–Crippen MR) is 152 cm³/mol. The Bertz CT molecular complexity index is 787. The van der Waals surface area contributed by atoms with Gasteiger partial charge in [-0.3, -0.25) is 19.7 Å². The van der Waals surface area contributed by atoms with Gasteiger partial charge in [0.15, 0.2) is 0 Å². The zero-order valence-electron chi connectivity index (χ0n) is 23.9. The lowest BCUT2D eigenvalue weighted by Gasteiger charge is -2.42. The van der Waals surface area contributed by atoms with E-state index in [4.69, 9.17) is 0 Å². The van der Waals surface area contributed by atoms with Crippen molar-refractivity contribution in [2.75, 3.05) is 26.2 Å². The van der Waals surface area contributed by atoms with Crippen LogP contribution >= 0.6 is 0 Å². The van der Waals surface area contributed by atoms with Crippen LogP contribution in [0.5, 0.6) is 0 Å². The molecule has 3 aliphatic heterocycles. The minimum atomic E-state index is -0.891. The van der Waals surface area contributed by atoms with Gasteiger partial charge in [-0.1, -0.05) is 44.9 Å². The number of piperidine rings is 3. The van der Waals surface area contributed by atoms with Gasteiger partial charge in [-0.25, -0.2) is 0 Å². The van der Waals surface area contributed by atoms with Crippen LogP contribution < -0.4 is 26.6 Å². The molecule has 4 fully saturated rings. The second-order valence-corrected chi connectivity index (χ2v) is 12.6. The van der Waals surface area contributed by atoms with Crippen LogP contribution in [0.2, 0.25) is 0 Å². The molecular weight excluding hydrogens is 494 g/mol. The number of carboxylic acids is 1. The Labute approximate surface area is 234 Å². The second-order valence-electron chi connectivity index (χ2n) is 12.6. The minimum Gasteiger partial charge on any atom is -0.481 e. The van der Waals surface area contributed by atoms with Crippen LogP contribution in [0.3, 0.4) is 0 Å². The summed E-state index contributed by atoms with van der Waals surface area (Å²) in [6.45, 7) is 2.67. The van der Waals surface area contributed by atoms with Crippen molar-refractivity contribution in [1.82, 2.24) is 26.6 Å². The molecule has 1 saturated carbocycles. The van der Waals surface area contributed by atoms with Crippen molar-refractivity contribution in [2.24, 2.45) is 23.7 Å². The standard InChI is InChI=1S/C30H53N5O4/c36-27(12-6-11-23-14-13-22-10-7-16-32-30(22)34-23)33-20-28(37)35-26(18-29(38)39)25-19-31-17-15-24(25)21-8-4-2-1-3-5-9-21/h21-26,30-32,34H,1-20H2,(H,33,36)(H,35,37)(H,38,39)/t22?,23?,24?,25?,26-,30?/m0/s1. The third-order valence-corrected chi connectivity index (χ3v) is 9.89. The summed E-state index contributed by atoms with van der Waals surface area (Å²) in [5.74, 6) is 0.562. The quantitative estimate of drug-likeness (QED) is 0.234. The summed E-state index contributed by atoms with van der Waals surface area (Å²) in [6.07, 6.45) is 17.3. The van der Waals surface area contributed by atoms with Gasteiger partial charge in [0.2, 0.25) is 11.8 Å². The highest BCUT2D eigenvalue weighted by Crippen LogP contribution is 2.37. The smallest absolute Gasteiger partial charge is 0.305 e. The Balaban J connectivity index is 1.21. The fourth-order valence-corrected chi connectivity index (χ4v) is 7.82. The van der Waals surface area contributed by atoms with Gasteiger partial charge in [0, 0.05) is 25.0 Å². The molecule has 9 heteroatoms. The topological polar surface area (TPSA) is 132 Å². The molecule has 4 rings (SSSR count). The fourth-order valence-electron chi connectivity index (χ4n) is 7.82. The maximum Gasteiger partial charge on any atom is 0.305 e. The molecule has 6 atom stereocenters. The van der Waals surface area contributed by atoms with Crippen LogP contribution in [-0.4, -0.2) is 67.3 Å². The molecule has 3 saturated heterocycles. The van der Waals surface area contributed by atoms with E-state index in [2.05, 4.69) is 26.6 Å². The third kappa shape index (κ3) is 9.71. The summed E-state index contributed by atoms with van der Waals surface area (Å²) < 4.78 is 0. The highest BCUT2D eigenvalue weighted by Gasteiger charge is 2.38. The average molecular weight is 548 g/mol. The molecule has 222 valence electrons. The second kappa shape index (κ2) is 15.9. The van der Waals surface area contributed by atoms with Crippen molar-refractivity contribution >= 4 is 17.8 Å². The van der Waals surface area contributed by atoms with E-state index < -0.39 is 12.0 Å². The molecule has 6 N–H and O–H groups in total. The monoisotopic (exact) mass is 547 g/mol. The Kier molecular flexibility index (Phi) is 12.3. The molecule has 0 spiro atoms. The van der Waals surface area contributed by atoms with E-state index in [9.17, 15) is 19.5 Å². The number of hydrogen-bond acceptors (Lipinski definition) is 6. The van der Waals surface area contributed by atoms with Gasteiger partial charge in [-0.15, -0.1) is 0 Å². The lowest BCUT2D eigenvalue weighted by Crippen LogP contribution is -2.57. The van der Waals surface area contributed by atoms with E-state index in [0.29, 0.717) is 30.5 Å². The number of rotatable bonds is 11. The van der Waals surface area contributed by atoms with Crippen molar-refractivity contribution in [1.29, 1.82) is 0 Å². The molecule has 0 radical (unpaired) electrons. The number of fused-ring (bicyclic) bond motifs is 1. The molecule has 0 aromatic rings. The van der Waals surface area contributed by atoms with Crippen LogP contribution in [0.4, 0.5) is 0 Å². The van der Waals surface area contributed by atoms with Gasteiger partial charge >= 0.3 is 5.97 Å². The van der Waals surface area contributed by atoms with Gasteiger partial charge in [-0.2, -0.15) is 0 Å². The maximum absolute atomic E-state index is 12.9. The van der Waals surface area contributed by atoms with Crippen molar-refractivity contribution in [3.63, 3.8) is 0 Å². The molecule has 39 heavy (non-hydrogen) atoms. The molecule has 2 amide bonds. The molecule has 4 aliphatic rings.